The lowest BCUT2D eigenvalue weighted by Gasteiger charge is -2.60. The maximum Gasteiger partial charge on any atom is 0.303 e. The number of hydrogen-bond donors (Lipinski definition) is 2. The Bertz CT molecular complexity index is 895. The molecule has 0 heterocycles. The Morgan fingerprint density at radius 3 is 2.58 bits per heavy atom. The van der Waals surface area contributed by atoms with E-state index >= 15 is 4.39 Å². The number of esters is 1. The average molecular weight is 435 g/mol. The molecule has 0 aromatic carbocycles. The second kappa shape index (κ2) is 7.07. The van der Waals surface area contributed by atoms with Crippen LogP contribution in [0.15, 0.2) is 23.8 Å². The third-order valence-corrected chi connectivity index (χ3v) is 8.88. The first-order chi connectivity index (χ1) is 14.4. The Kier molecular flexibility index (Phi) is 5.10. The standard InChI is InChI=1S/C24H31FO6/c1-12-7-16-15-9-18(25)17-8-14(28)5-6-22(17,3)21(15)19(29)10-23(16,4)24(12,20(30)11-26)31-13(2)27/h5-6,8,12,15-16,18-19,21,26,29H,7,9-11H2,1-4H3/t12-,15-,16-,18-,19?,21+,22-,23-,24-/m0/s1. The van der Waals surface area contributed by atoms with Gasteiger partial charge in [-0.1, -0.05) is 26.8 Å². The van der Waals surface area contributed by atoms with Crippen LogP contribution in [0, 0.1) is 34.5 Å². The predicted octanol–water partition coefficient (Wildman–Crippen LogP) is 2.32. The number of ether oxygens (including phenoxy) is 1. The molecule has 0 spiro atoms. The highest BCUT2D eigenvalue weighted by molar-refractivity contribution is 6.01. The Labute approximate surface area is 181 Å². The van der Waals surface area contributed by atoms with Crippen molar-refractivity contribution in [3.63, 3.8) is 0 Å². The van der Waals surface area contributed by atoms with Gasteiger partial charge in [0.15, 0.2) is 11.4 Å². The van der Waals surface area contributed by atoms with Crippen molar-refractivity contribution in [2.45, 2.75) is 64.8 Å². The maximum atomic E-state index is 15.4. The van der Waals surface area contributed by atoms with E-state index in [0.717, 1.165) is 0 Å². The van der Waals surface area contributed by atoms with Crippen molar-refractivity contribution < 1.29 is 33.7 Å². The number of rotatable bonds is 3. The summed E-state index contributed by atoms with van der Waals surface area (Å²) < 4.78 is 21.1. The van der Waals surface area contributed by atoms with Gasteiger partial charge in [0.2, 0.25) is 5.78 Å². The van der Waals surface area contributed by atoms with E-state index in [4.69, 9.17) is 4.74 Å². The van der Waals surface area contributed by atoms with E-state index in [0.29, 0.717) is 12.0 Å². The van der Waals surface area contributed by atoms with E-state index in [2.05, 4.69) is 0 Å². The van der Waals surface area contributed by atoms with Crippen molar-refractivity contribution in [3.8, 4) is 0 Å². The molecule has 9 atom stereocenters. The van der Waals surface area contributed by atoms with Gasteiger partial charge < -0.3 is 14.9 Å². The lowest BCUT2D eigenvalue weighted by Crippen LogP contribution is -2.64. The van der Waals surface area contributed by atoms with Crippen molar-refractivity contribution in [2.24, 2.45) is 34.5 Å². The van der Waals surface area contributed by atoms with E-state index in [1.165, 1.54) is 19.1 Å². The normalized spacial score (nSPS) is 48.4. The summed E-state index contributed by atoms with van der Waals surface area (Å²) in [5, 5.41) is 21.1. The summed E-state index contributed by atoms with van der Waals surface area (Å²) in [7, 11) is 0. The minimum atomic E-state index is -1.56. The number of aliphatic hydroxyl groups is 2. The fourth-order valence-electron chi connectivity index (χ4n) is 7.87. The van der Waals surface area contributed by atoms with Crippen LogP contribution in [0.4, 0.5) is 4.39 Å². The second-order valence-corrected chi connectivity index (χ2v) is 10.4. The third kappa shape index (κ3) is 2.78. The minimum Gasteiger partial charge on any atom is -0.450 e. The van der Waals surface area contributed by atoms with Crippen molar-refractivity contribution in [1.82, 2.24) is 0 Å². The molecule has 31 heavy (non-hydrogen) atoms. The summed E-state index contributed by atoms with van der Waals surface area (Å²) in [5.41, 5.74) is -2.89. The number of fused-ring (bicyclic) bond motifs is 5. The quantitative estimate of drug-likeness (QED) is 0.661. The van der Waals surface area contributed by atoms with Gasteiger partial charge in [0.1, 0.15) is 12.8 Å². The summed E-state index contributed by atoms with van der Waals surface area (Å²) in [6.07, 6.45) is 3.14. The van der Waals surface area contributed by atoms with Gasteiger partial charge in [0, 0.05) is 29.6 Å². The van der Waals surface area contributed by atoms with Crippen LogP contribution >= 0.6 is 0 Å². The zero-order chi connectivity index (χ0) is 22.9. The van der Waals surface area contributed by atoms with Gasteiger partial charge in [0.05, 0.1) is 6.10 Å². The second-order valence-electron chi connectivity index (χ2n) is 10.4. The highest BCUT2D eigenvalue weighted by Gasteiger charge is 2.73. The molecule has 4 rings (SSSR count). The van der Waals surface area contributed by atoms with Crippen LogP contribution in [0.1, 0.15) is 47.0 Å². The van der Waals surface area contributed by atoms with E-state index in [1.807, 2.05) is 20.8 Å². The molecule has 7 heteroatoms. The fourth-order valence-corrected chi connectivity index (χ4v) is 7.87. The van der Waals surface area contributed by atoms with E-state index in [-0.39, 0.29) is 42.3 Å². The largest absolute Gasteiger partial charge is 0.450 e. The third-order valence-electron chi connectivity index (χ3n) is 8.88. The van der Waals surface area contributed by atoms with Gasteiger partial charge in [-0.2, -0.15) is 0 Å². The molecule has 0 saturated heterocycles. The number of aliphatic hydroxyl groups excluding tert-OH is 2. The van der Waals surface area contributed by atoms with Crippen molar-refractivity contribution >= 4 is 17.5 Å². The molecule has 0 aromatic rings. The minimum absolute atomic E-state index is 0.140. The average Bonchev–Trinajstić information content (AvgIpc) is 2.90. The smallest absolute Gasteiger partial charge is 0.303 e. The zero-order valence-corrected chi connectivity index (χ0v) is 18.4. The number of carbonyl (C=O) groups excluding carboxylic acids is 3. The first-order valence-electron chi connectivity index (χ1n) is 11.0. The van der Waals surface area contributed by atoms with Crippen molar-refractivity contribution in [1.29, 1.82) is 0 Å². The zero-order valence-electron chi connectivity index (χ0n) is 18.4. The Balaban J connectivity index is 1.84. The maximum absolute atomic E-state index is 15.4. The van der Waals surface area contributed by atoms with Gasteiger partial charge in [-0.25, -0.2) is 4.39 Å². The molecular weight excluding hydrogens is 403 g/mol. The Morgan fingerprint density at radius 2 is 1.97 bits per heavy atom. The van der Waals surface area contributed by atoms with Crippen LogP contribution in [0.25, 0.3) is 0 Å². The molecule has 170 valence electrons. The van der Waals surface area contributed by atoms with Crippen LogP contribution in [0.3, 0.4) is 0 Å². The number of halogens is 1. The topological polar surface area (TPSA) is 101 Å². The summed E-state index contributed by atoms with van der Waals surface area (Å²) in [6, 6.07) is 0. The molecule has 0 aromatic heterocycles. The number of ketones is 2. The summed E-state index contributed by atoms with van der Waals surface area (Å²) in [4.78, 5) is 37.0. The van der Waals surface area contributed by atoms with Crippen LogP contribution in [0.5, 0.6) is 0 Å². The summed E-state index contributed by atoms with van der Waals surface area (Å²) >= 11 is 0. The highest BCUT2D eigenvalue weighted by atomic mass is 19.1. The Morgan fingerprint density at radius 1 is 1.29 bits per heavy atom. The van der Waals surface area contributed by atoms with Gasteiger partial charge in [-0.05, 0) is 48.8 Å². The number of alkyl halides is 1. The monoisotopic (exact) mass is 434 g/mol. The summed E-state index contributed by atoms with van der Waals surface area (Å²) in [5.74, 6) is -2.61. The van der Waals surface area contributed by atoms with Crippen LogP contribution < -0.4 is 0 Å². The van der Waals surface area contributed by atoms with Gasteiger partial charge in [-0.15, -0.1) is 0 Å². The highest BCUT2D eigenvalue weighted by Crippen LogP contribution is 2.69. The lowest BCUT2D eigenvalue weighted by molar-refractivity contribution is -0.205. The number of Topliss-reactive ketones (excluding diaryl/α,β-unsaturated/α-hetero) is 1. The molecule has 4 aliphatic rings. The molecule has 4 aliphatic carbocycles. The van der Waals surface area contributed by atoms with Crippen LogP contribution in [0.2, 0.25) is 0 Å². The number of carbonyl (C=O) groups is 3. The van der Waals surface area contributed by atoms with Gasteiger partial charge in [0.25, 0.3) is 0 Å². The number of hydrogen-bond acceptors (Lipinski definition) is 6. The molecular formula is C24H31FO6. The molecule has 6 nitrogen and oxygen atoms in total. The fraction of sp³-hybridized carbons (Fsp3) is 0.708. The van der Waals surface area contributed by atoms with Crippen LogP contribution in [-0.4, -0.2) is 52.2 Å². The van der Waals surface area contributed by atoms with Crippen molar-refractivity contribution in [3.05, 3.63) is 23.8 Å². The Hall–Kier alpha value is -1.86. The molecule has 1 unspecified atom stereocenters. The molecule has 0 bridgehead atoms. The van der Waals surface area contributed by atoms with Crippen LogP contribution in [-0.2, 0) is 19.1 Å². The molecule has 0 radical (unpaired) electrons. The molecule has 2 N–H and O–H groups in total. The number of allylic oxidation sites excluding steroid dienone is 4. The first kappa shape index (κ1) is 22.3. The molecule has 3 fully saturated rings. The van der Waals surface area contributed by atoms with E-state index < -0.39 is 47.1 Å². The molecule has 0 aliphatic heterocycles. The predicted molar refractivity (Wildman–Crippen MR) is 109 cm³/mol. The van der Waals surface area contributed by atoms with Gasteiger partial charge >= 0.3 is 5.97 Å². The lowest BCUT2D eigenvalue weighted by atomic mass is 9.46. The molecule has 3 saturated carbocycles. The van der Waals surface area contributed by atoms with E-state index in [1.54, 1.807) is 6.08 Å². The summed E-state index contributed by atoms with van der Waals surface area (Å²) in [6.45, 7) is 5.98. The first-order valence-corrected chi connectivity index (χ1v) is 11.0. The SMILES string of the molecule is CC(=O)O[C@]1(C(=O)CO)[C@@H](C)C[C@H]2[C@@H]3C[C@H](F)C4=CC(=O)C=C[C@]4(C)[C@H]3C(O)C[C@@]21C. The van der Waals surface area contributed by atoms with Crippen molar-refractivity contribution in [2.75, 3.05) is 6.61 Å². The molecule has 0 amide bonds. The van der Waals surface area contributed by atoms with Gasteiger partial charge in [-0.3, -0.25) is 14.4 Å². The van der Waals surface area contributed by atoms with E-state index in [9.17, 15) is 24.6 Å².